The van der Waals surface area contributed by atoms with Crippen molar-refractivity contribution in [3.63, 3.8) is 0 Å². The van der Waals surface area contributed by atoms with Crippen molar-refractivity contribution in [1.82, 2.24) is 0 Å². The number of halogens is 2. The summed E-state index contributed by atoms with van der Waals surface area (Å²) in [7, 11) is 0. The summed E-state index contributed by atoms with van der Waals surface area (Å²) in [4.78, 5) is 0. The summed E-state index contributed by atoms with van der Waals surface area (Å²) in [6, 6.07) is 13.3. The van der Waals surface area contributed by atoms with Crippen LogP contribution in [0.2, 0.25) is 10.0 Å². The predicted octanol–water partition coefficient (Wildman–Crippen LogP) is 7.48. The fourth-order valence-electron chi connectivity index (χ4n) is 1.93. The van der Waals surface area contributed by atoms with E-state index in [9.17, 15) is 0 Å². The Hall–Kier alpha value is -1.54. The number of aromatic hydroxyl groups is 2. The van der Waals surface area contributed by atoms with Gasteiger partial charge in [-0.05, 0) is 24.3 Å². The van der Waals surface area contributed by atoms with Crippen molar-refractivity contribution in [2.45, 2.75) is 26.7 Å². The molecule has 0 bridgehead atoms. The molecule has 2 aliphatic carbocycles. The van der Waals surface area contributed by atoms with Crippen molar-refractivity contribution in [2.24, 2.45) is 0 Å². The van der Waals surface area contributed by atoms with E-state index in [0.717, 1.165) is 12.8 Å². The van der Waals surface area contributed by atoms with E-state index in [2.05, 4.69) is 50.3 Å². The minimum absolute atomic E-state index is 0. The Morgan fingerprint density at radius 2 is 1.03 bits per heavy atom. The van der Waals surface area contributed by atoms with Crippen LogP contribution in [0.1, 0.15) is 26.7 Å². The van der Waals surface area contributed by atoms with Gasteiger partial charge in [-0.25, -0.2) is 23.3 Å². The van der Waals surface area contributed by atoms with Gasteiger partial charge in [0, 0.05) is 0 Å². The van der Waals surface area contributed by atoms with Crippen molar-refractivity contribution in [2.75, 3.05) is 0 Å². The molecule has 2 N–H and O–H groups in total. The minimum atomic E-state index is 0. The van der Waals surface area contributed by atoms with Crippen molar-refractivity contribution in [3.05, 3.63) is 106 Å². The van der Waals surface area contributed by atoms with Crippen LogP contribution in [0.25, 0.3) is 0 Å². The van der Waals surface area contributed by atoms with Gasteiger partial charge in [-0.15, -0.1) is 12.8 Å². The fourth-order valence-corrected chi connectivity index (χ4v) is 2.20. The van der Waals surface area contributed by atoms with E-state index in [-0.39, 0.29) is 37.7 Å². The van der Waals surface area contributed by atoms with E-state index in [0.29, 0.717) is 10.0 Å². The zero-order valence-electron chi connectivity index (χ0n) is 16.5. The standard InChI is InChI=1S/2C6H5ClO.2C6H7.Zr/c2*7-5-3-1-2-4-6(5)8;2*1-6-4-2-3-5-6;/h2*1-4,8H;2*2,4H,3H2,1H3;/q;;2*-1;+2. The molecule has 0 radical (unpaired) electrons. The van der Waals surface area contributed by atoms with E-state index < -0.39 is 0 Å². The first-order valence-electron chi connectivity index (χ1n) is 8.75. The van der Waals surface area contributed by atoms with Gasteiger partial charge in [0.25, 0.3) is 0 Å². The van der Waals surface area contributed by atoms with Gasteiger partial charge in [0.1, 0.15) is 11.5 Å². The predicted molar refractivity (Wildman–Crippen MR) is 119 cm³/mol. The number of allylic oxidation sites excluding steroid dienone is 8. The molecule has 0 aliphatic heterocycles. The molecular formula is C24H24Cl2O2Zr. The normalized spacial score (nSPS) is 12.7. The van der Waals surface area contributed by atoms with E-state index in [4.69, 9.17) is 33.4 Å². The van der Waals surface area contributed by atoms with Gasteiger partial charge in [0.05, 0.1) is 10.0 Å². The van der Waals surface area contributed by atoms with E-state index in [1.54, 1.807) is 48.5 Å². The number of hydrogen-bond donors (Lipinski definition) is 2. The van der Waals surface area contributed by atoms with Crippen LogP contribution in [0.15, 0.2) is 84.0 Å². The second-order valence-electron chi connectivity index (χ2n) is 5.84. The summed E-state index contributed by atoms with van der Waals surface area (Å²) in [6.45, 7) is 4.12. The third-order valence-electron chi connectivity index (χ3n) is 3.44. The number of benzene rings is 2. The summed E-state index contributed by atoms with van der Waals surface area (Å²) in [5.74, 6) is 0.267. The van der Waals surface area contributed by atoms with Gasteiger partial charge in [-0.1, -0.05) is 61.3 Å². The number of phenols is 2. The molecule has 0 amide bonds. The van der Waals surface area contributed by atoms with Crippen LogP contribution in [-0.4, -0.2) is 10.2 Å². The summed E-state index contributed by atoms with van der Waals surface area (Å²) < 4.78 is 0. The molecule has 0 unspecified atom stereocenters. The molecule has 0 aromatic heterocycles. The first kappa shape index (κ1) is 27.5. The van der Waals surface area contributed by atoms with E-state index >= 15 is 0 Å². The average Bonchev–Trinajstić information content (AvgIpc) is 3.35. The molecule has 2 aromatic carbocycles. The van der Waals surface area contributed by atoms with Crippen molar-refractivity contribution in [3.8, 4) is 11.5 Å². The van der Waals surface area contributed by atoms with Crippen molar-refractivity contribution >= 4 is 23.2 Å². The quantitative estimate of drug-likeness (QED) is 0.364. The van der Waals surface area contributed by atoms with Crippen LogP contribution in [0.5, 0.6) is 11.5 Å². The topological polar surface area (TPSA) is 40.5 Å². The molecule has 0 fully saturated rings. The van der Waals surface area contributed by atoms with Gasteiger partial charge in [0.2, 0.25) is 0 Å². The van der Waals surface area contributed by atoms with Gasteiger partial charge < -0.3 is 10.2 Å². The van der Waals surface area contributed by atoms with E-state index in [1.807, 2.05) is 0 Å². The average molecular weight is 507 g/mol. The third kappa shape index (κ3) is 13.3. The molecule has 2 aromatic rings. The molecule has 150 valence electrons. The van der Waals surface area contributed by atoms with E-state index in [1.165, 1.54) is 11.1 Å². The van der Waals surface area contributed by atoms with Gasteiger partial charge >= 0.3 is 26.2 Å². The maximum absolute atomic E-state index is 8.79. The van der Waals surface area contributed by atoms with Crippen LogP contribution < -0.4 is 0 Å². The molecule has 2 nitrogen and oxygen atoms in total. The Kier molecular flexibility index (Phi) is 15.4. The van der Waals surface area contributed by atoms with Gasteiger partial charge in [-0.2, -0.15) is 12.2 Å². The molecule has 0 saturated heterocycles. The molecule has 0 spiro atoms. The fraction of sp³-hybridized carbons (Fsp3) is 0.167. The van der Waals surface area contributed by atoms with Gasteiger partial charge in [-0.3, -0.25) is 12.2 Å². The summed E-state index contributed by atoms with van der Waals surface area (Å²) in [6.07, 6.45) is 16.7. The van der Waals surface area contributed by atoms with Crippen LogP contribution in [0.4, 0.5) is 0 Å². The Labute approximate surface area is 203 Å². The van der Waals surface area contributed by atoms with Gasteiger partial charge in [0.15, 0.2) is 0 Å². The Morgan fingerprint density at radius 1 is 0.690 bits per heavy atom. The van der Waals surface area contributed by atoms with Crippen molar-refractivity contribution < 1.29 is 36.4 Å². The smallest absolute Gasteiger partial charge is 0.506 e. The van der Waals surface area contributed by atoms with Crippen LogP contribution in [0, 0.1) is 12.2 Å². The molecule has 29 heavy (non-hydrogen) atoms. The number of hydrogen-bond acceptors (Lipinski definition) is 2. The second-order valence-corrected chi connectivity index (χ2v) is 6.65. The summed E-state index contributed by atoms with van der Waals surface area (Å²) >= 11 is 10.9. The molecular weight excluding hydrogens is 482 g/mol. The Balaban J connectivity index is 0.000000359. The molecule has 5 heteroatoms. The maximum Gasteiger partial charge on any atom is 2.00 e. The monoisotopic (exact) mass is 504 g/mol. The SMILES string of the molecule is CC1=[C-]CC=C1.CC1=[C-]CC=C1.Oc1ccccc1Cl.Oc1ccccc1Cl.[Zr+2]. The van der Waals surface area contributed by atoms with Crippen LogP contribution >= 0.6 is 23.2 Å². The zero-order chi connectivity index (χ0) is 20.8. The number of phenolic OH excluding ortho intramolecular Hbond substituents is 2. The second kappa shape index (κ2) is 16.3. The first-order chi connectivity index (χ1) is 13.4. The molecule has 4 rings (SSSR count). The van der Waals surface area contributed by atoms with Crippen molar-refractivity contribution in [1.29, 1.82) is 0 Å². The zero-order valence-corrected chi connectivity index (χ0v) is 20.5. The maximum atomic E-state index is 8.79. The third-order valence-corrected chi connectivity index (χ3v) is 4.08. The van der Waals surface area contributed by atoms with Crippen LogP contribution in [-0.2, 0) is 26.2 Å². The number of para-hydroxylation sites is 2. The largest absolute Gasteiger partial charge is 2.00 e. The summed E-state index contributed by atoms with van der Waals surface area (Å²) in [5, 5.41) is 18.4. The molecule has 2 aliphatic rings. The molecule has 0 saturated carbocycles. The molecule has 0 heterocycles. The molecule has 0 atom stereocenters. The Morgan fingerprint density at radius 3 is 1.17 bits per heavy atom. The minimum Gasteiger partial charge on any atom is -0.506 e. The Bertz CT molecular complexity index is 736. The summed E-state index contributed by atoms with van der Waals surface area (Å²) in [5.41, 5.74) is 2.55. The number of rotatable bonds is 0. The first-order valence-corrected chi connectivity index (χ1v) is 9.50. The van der Waals surface area contributed by atoms with Crippen LogP contribution in [0.3, 0.4) is 0 Å².